The Labute approximate surface area is 106 Å². The molecule has 1 rings (SSSR count). The number of aliphatic hydroxyl groups excluding tert-OH is 2. The third-order valence-electron chi connectivity index (χ3n) is 2.53. The smallest absolute Gasteiger partial charge is 0.138 e. The minimum Gasteiger partial charge on any atom is -0.394 e. The number of anilines is 1. The van der Waals surface area contributed by atoms with Crippen molar-refractivity contribution in [2.45, 2.75) is 32.2 Å². The van der Waals surface area contributed by atoms with E-state index in [0.29, 0.717) is 11.0 Å². The second-order valence-corrected chi connectivity index (χ2v) is 4.94. The molecule has 0 saturated carbocycles. The summed E-state index contributed by atoms with van der Waals surface area (Å²) in [5.41, 5.74) is -0.0521. The molecule has 5 nitrogen and oxygen atoms in total. The van der Waals surface area contributed by atoms with Crippen LogP contribution >= 0.6 is 11.6 Å². The van der Waals surface area contributed by atoms with Gasteiger partial charge in [-0.2, -0.15) is 0 Å². The Morgan fingerprint density at radius 1 is 1.35 bits per heavy atom. The maximum atomic E-state index is 9.25. The van der Waals surface area contributed by atoms with E-state index in [0.717, 1.165) is 5.56 Å². The van der Waals surface area contributed by atoms with Gasteiger partial charge in [-0.15, -0.1) is 0 Å². The molecule has 0 unspecified atom stereocenters. The predicted octanol–water partition coefficient (Wildman–Crippen LogP) is 1.41. The molecule has 0 atom stereocenters. The lowest BCUT2D eigenvalue weighted by Crippen LogP contribution is -2.43. The molecule has 0 fully saturated rings. The van der Waals surface area contributed by atoms with Crippen molar-refractivity contribution in [3.8, 4) is 0 Å². The number of nitrogens with one attached hydrogen (secondary N) is 1. The monoisotopic (exact) mass is 259 g/mol. The lowest BCUT2D eigenvalue weighted by molar-refractivity contribution is 0.147. The van der Waals surface area contributed by atoms with Gasteiger partial charge in [-0.25, -0.2) is 9.97 Å². The molecule has 0 amide bonds. The molecular weight excluding hydrogens is 242 g/mol. The average molecular weight is 260 g/mol. The third-order valence-corrected chi connectivity index (χ3v) is 2.83. The van der Waals surface area contributed by atoms with E-state index < -0.39 is 5.54 Å². The van der Waals surface area contributed by atoms with Crippen LogP contribution in [0.25, 0.3) is 0 Å². The lowest BCUT2D eigenvalue weighted by atomic mass is 10.0. The van der Waals surface area contributed by atoms with Crippen LogP contribution < -0.4 is 5.32 Å². The molecule has 1 heterocycles. The van der Waals surface area contributed by atoms with Gasteiger partial charge in [-0.3, -0.25) is 0 Å². The Hall–Kier alpha value is -0.910. The van der Waals surface area contributed by atoms with Crippen molar-refractivity contribution in [2.24, 2.45) is 0 Å². The van der Waals surface area contributed by atoms with Crippen molar-refractivity contribution < 1.29 is 10.2 Å². The standard InChI is InChI=1S/C11H18ClN3O2/c1-7(2)8-9(12)13-6-14-10(8)15-11(3,4-16)5-17/h6-7,16-17H,4-5H2,1-3H3,(H,13,14,15). The molecule has 6 heteroatoms. The molecule has 0 aliphatic heterocycles. The summed E-state index contributed by atoms with van der Waals surface area (Å²) in [6.07, 6.45) is 1.35. The second-order valence-electron chi connectivity index (χ2n) is 4.58. The summed E-state index contributed by atoms with van der Waals surface area (Å²) in [5.74, 6) is 0.693. The normalized spacial score (nSPS) is 11.9. The highest BCUT2D eigenvalue weighted by molar-refractivity contribution is 6.30. The van der Waals surface area contributed by atoms with E-state index in [1.54, 1.807) is 6.92 Å². The number of aromatic nitrogens is 2. The fourth-order valence-electron chi connectivity index (χ4n) is 1.40. The Morgan fingerprint density at radius 3 is 2.41 bits per heavy atom. The number of hydrogen-bond acceptors (Lipinski definition) is 5. The van der Waals surface area contributed by atoms with Gasteiger partial charge in [0.2, 0.25) is 0 Å². The van der Waals surface area contributed by atoms with Crippen LogP contribution in [-0.2, 0) is 0 Å². The maximum absolute atomic E-state index is 9.25. The van der Waals surface area contributed by atoms with E-state index in [9.17, 15) is 10.2 Å². The number of nitrogens with zero attached hydrogens (tertiary/aromatic N) is 2. The van der Waals surface area contributed by atoms with Gasteiger partial charge >= 0.3 is 0 Å². The first-order chi connectivity index (χ1) is 7.93. The predicted molar refractivity (Wildman–Crippen MR) is 67.3 cm³/mol. The number of hydrogen-bond donors (Lipinski definition) is 3. The average Bonchev–Trinajstić information content (AvgIpc) is 2.28. The molecule has 3 N–H and O–H groups in total. The van der Waals surface area contributed by atoms with Gasteiger partial charge < -0.3 is 15.5 Å². The summed E-state index contributed by atoms with van der Waals surface area (Å²) in [6.45, 7) is 5.24. The van der Waals surface area contributed by atoms with Gasteiger partial charge in [-0.1, -0.05) is 25.4 Å². The molecule has 0 aliphatic rings. The highest BCUT2D eigenvalue weighted by Gasteiger charge is 2.25. The van der Waals surface area contributed by atoms with Crippen molar-refractivity contribution in [3.63, 3.8) is 0 Å². The van der Waals surface area contributed by atoms with E-state index in [1.807, 2.05) is 13.8 Å². The summed E-state index contributed by atoms with van der Waals surface area (Å²) in [5, 5.41) is 21.9. The topological polar surface area (TPSA) is 78.3 Å². The van der Waals surface area contributed by atoms with Gasteiger partial charge in [0.25, 0.3) is 0 Å². The fraction of sp³-hybridized carbons (Fsp3) is 0.636. The van der Waals surface area contributed by atoms with Crippen LogP contribution in [0, 0.1) is 0 Å². The molecule has 0 saturated heterocycles. The zero-order valence-electron chi connectivity index (χ0n) is 10.2. The largest absolute Gasteiger partial charge is 0.394 e. The SMILES string of the molecule is CC(C)c1c(Cl)ncnc1NC(C)(CO)CO. The van der Waals surface area contributed by atoms with Gasteiger partial charge in [-0.05, 0) is 12.8 Å². The van der Waals surface area contributed by atoms with E-state index in [1.165, 1.54) is 6.33 Å². The van der Waals surface area contributed by atoms with Crippen LogP contribution in [-0.4, -0.2) is 38.9 Å². The first kappa shape index (κ1) is 14.2. The summed E-state index contributed by atoms with van der Waals surface area (Å²) in [7, 11) is 0. The molecule has 0 spiro atoms. The molecule has 0 bridgehead atoms. The van der Waals surface area contributed by atoms with Crippen molar-refractivity contribution in [1.82, 2.24) is 9.97 Å². The minimum atomic E-state index is -0.832. The summed E-state index contributed by atoms with van der Waals surface area (Å²) in [6, 6.07) is 0. The molecular formula is C11H18ClN3O2. The Kier molecular flexibility index (Phi) is 4.68. The van der Waals surface area contributed by atoms with Crippen LogP contribution in [0.4, 0.5) is 5.82 Å². The first-order valence-corrected chi connectivity index (χ1v) is 5.81. The molecule has 96 valence electrons. The summed E-state index contributed by atoms with van der Waals surface area (Å²) < 4.78 is 0. The van der Waals surface area contributed by atoms with Crippen molar-refractivity contribution in [3.05, 3.63) is 17.0 Å². The van der Waals surface area contributed by atoms with Gasteiger partial charge in [0, 0.05) is 5.56 Å². The minimum absolute atomic E-state index is 0.146. The second kappa shape index (κ2) is 5.62. The number of rotatable bonds is 5. The number of aliphatic hydroxyl groups is 2. The van der Waals surface area contributed by atoms with Gasteiger partial charge in [0.1, 0.15) is 17.3 Å². The van der Waals surface area contributed by atoms with Gasteiger partial charge in [0.15, 0.2) is 0 Å². The van der Waals surface area contributed by atoms with Crippen LogP contribution in [0.1, 0.15) is 32.3 Å². The Balaban J connectivity index is 3.10. The first-order valence-electron chi connectivity index (χ1n) is 5.44. The van der Waals surface area contributed by atoms with E-state index in [-0.39, 0.29) is 19.1 Å². The maximum Gasteiger partial charge on any atom is 0.138 e. The van der Waals surface area contributed by atoms with E-state index >= 15 is 0 Å². The molecule has 0 radical (unpaired) electrons. The van der Waals surface area contributed by atoms with Crippen molar-refractivity contribution in [1.29, 1.82) is 0 Å². The quantitative estimate of drug-likeness (QED) is 0.697. The zero-order valence-corrected chi connectivity index (χ0v) is 11.0. The lowest BCUT2D eigenvalue weighted by Gasteiger charge is -2.28. The Morgan fingerprint density at radius 2 is 1.94 bits per heavy atom. The van der Waals surface area contributed by atoms with Crippen LogP contribution in [0.3, 0.4) is 0 Å². The van der Waals surface area contributed by atoms with Crippen LogP contribution in [0.15, 0.2) is 6.33 Å². The zero-order chi connectivity index (χ0) is 13.1. The summed E-state index contributed by atoms with van der Waals surface area (Å²) in [4.78, 5) is 8.04. The molecule has 1 aromatic heterocycles. The third kappa shape index (κ3) is 3.28. The molecule has 17 heavy (non-hydrogen) atoms. The highest BCUT2D eigenvalue weighted by Crippen LogP contribution is 2.29. The molecule has 0 aromatic carbocycles. The fourth-order valence-corrected chi connectivity index (χ4v) is 1.75. The molecule has 1 aromatic rings. The van der Waals surface area contributed by atoms with Gasteiger partial charge in [0.05, 0.1) is 18.8 Å². The number of halogens is 1. The van der Waals surface area contributed by atoms with Crippen LogP contribution in [0.2, 0.25) is 5.15 Å². The molecule has 0 aliphatic carbocycles. The van der Waals surface area contributed by atoms with Crippen molar-refractivity contribution >= 4 is 17.4 Å². The van der Waals surface area contributed by atoms with E-state index in [2.05, 4.69) is 15.3 Å². The Bertz CT molecular complexity index is 381. The van der Waals surface area contributed by atoms with Crippen LogP contribution in [0.5, 0.6) is 0 Å². The van der Waals surface area contributed by atoms with Crippen molar-refractivity contribution in [2.75, 3.05) is 18.5 Å². The highest BCUT2D eigenvalue weighted by atomic mass is 35.5. The summed E-state index contributed by atoms with van der Waals surface area (Å²) >= 11 is 6.02. The van der Waals surface area contributed by atoms with E-state index in [4.69, 9.17) is 11.6 Å².